The van der Waals surface area contributed by atoms with Crippen molar-refractivity contribution in [1.29, 1.82) is 0 Å². The van der Waals surface area contributed by atoms with E-state index >= 15 is 0 Å². The molecule has 1 fully saturated rings. The Bertz CT molecular complexity index is 1110. The van der Waals surface area contributed by atoms with Gasteiger partial charge in [0.15, 0.2) is 0 Å². The van der Waals surface area contributed by atoms with Crippen molar-refractivity contribution in [3.63, 3.8) is 0 Å². The number of carbonyl (C=O) groups excluding carboxylic acids is 1. The Hall–Kier alpha value is -2.03. The number of aromatic nitrogens is 2. The molecule has 0 amide bonds. The lowest BCUT2D eigenvalue weighted by atomic mass is 9.90. The summed E-state index contributed by atoms with van der Waals surface area (Å²) in [4.78, 5) is 29.4. The number of ether oxygens (including phenoxy) is 1. The van der Waals surface area contributed by atoms with Crippen molar-refractivity contribution in [3.05, 3.63) is 63.3 Å². The average molecular weight is 508 g/mol. The van der Waals surface area contributed by atoms with E-state index in [2.05, 4.69) is 9.71 Å². The number of esters is 1. The molecule has 0 aliphatic heterocycles. The van der Waals surface area contributed by atoms with E-state index in [1.54, 1.807) is 20.8 Å². The van der Waals surface area contributed by atoms with Crippen LogP contribution >= 0.6 is 11.6 Å². The first kappa shape index (κ1) is 26.6. The minimum absolute atomic E-state index is 0.185. The molecule has 186 valence electrons. The van der Waals surface area contributed by atoms with E-state index in [9.17, 15) is 13.8 Å². The number of hydrogen-bond donors (Lipinski definition) is 1. The Balaban J connectivity index is 1.82. The smallest absolute Gasteiger partial charge is 0.326 e. The zero-order valence-electron chi connectivity index (χ0n) is 20.7. The van der Waals surface area contributed by atoms with Crippen LogP contribution in [-0.2, 0) is 32.5 Å². The Morgan fingerprint density at radius 2 is 1.82 bits per heavy atom. The van der Waals surface area contributed by atoms with Gasteiger partial charge >= 0.3 is 5.97 Å². The van der Waals surface area contributed by atoms with Gasteiger partial charge in [-0.3, -0.25) is 14.2 Å². The second kappa shape index (κ2) is 9.91. The first-order valence-corrected chi connectivity index (χ1v) is 12.9. The third-order valence-electron chi connectivity index (χ3n) is 5.67. The molecule has 1 saturated carbocycles. The molecule has 2 atom stereocenters. The summed E-state index contributed by atoms with van der Waals surface area (Å²) in [5.74, 6) is -0.484. The summed E-state index contributed by atoms with van der Waals surface area (Å²) in [5.41, 5.74) is 0.468. The molecule has 1 heterocycles. The van der Waals surface area contributed by atoms with Gasteiger partial charge in [0.25, 0.3) is 5.56 Å². The van der Waals surface area contributed by atoms with Gasteiger partial charge in [-0.2, -0.15) is 0 Å². The summed E-state index contributed by atoms with van der Waals surface area (Å²) in [6.07, 6.45) is 3.81. The number of halogens is 1. The van der Waals surface area contributed by atoms with Gasteiger partial charge in [0, 0.05) is 22.5 Å². The number of rotatable bonds is 8. The fourth-order valence-electron chi connectivity index (χ4n) is 3.68. The predicted octanol–water partition coefficient (Wildman–Crippen LogP) is 4.45. The van der Waals surface area contributed by atoms with Crippen LogP contribution in [0.3, 0.4) is 0 Å². The summed E-state index contributed by atoms with van der Waals surface area (Å²) in [5, 5.41) is 0.635. The maximum atomic E-state index is 12.9. The van der Waals surface area contributed by atoms with Crippen molar-refractivity contribution >= 4 is 28.6 Å². The number of nitrogens with zero attached hydrogens (tertiary/aromatic N) is 2. The van der Waals surface area contributed by atoms with Crippen LogP contribution in [0.15, 0.2) is 41.5 Å². The summed E-state index contributed by atoms with van der Waals surface area (Å²) in [7, 11) is -1.28. The second-order valence-electron chi connectivity index (χ2n) is 10.9. The van der Waals surface area contributed by atoms with Crippen LogP contribution in [0.1, 0.15) is 78.1 Å². The quantitative estimate of drug-likeness (QED) is 0.533. The fourth-order valence-corrected chi connectivity index (χ4v) is 4.64. The van der Waals surface area contributed by atoms with Crippen LogP contribution in [0.4, 0.5) is 0 Å². The lowest BCUT2D eigenvalue weighted by molar-refractivity contribution is -0.155. The molecule has 1 aromatic heterocycles. The third kappa shape index (κ3) is 6.99. The maximum absolute atomic E-state index is 12.9. The largest absolute Gasteiger partial charge is 0.459 e. The molecule has 1 aliphatic rings. The number of hydrogen-bond acceptors (Lipinski definition) is 5. The molecular weight excluding hydrogens is 474 g/mol. The molecule has 0 radical (unpaired) electrons. The van der Waals surface area contributed by atoms with E-state index in [0.29, 0.717) is 17.1 Å². The molecule has 3 rings (SSSR count). The molecule has 7 nitrogen and oxygen atoms in total. The van der Waals surface area contributed by atoms with Crippen LogP contribution in [0.5, 0.6) is 0 Å². The van der Waals surface area contributed by atoms with Gasteiger partial charge in [0.1, 0.15) is 12.1 Å². The average Bonchev–Trinajstić information content (AvgIpc) is 3.48. The molecule has 2 aromatic rings. The summed E-state index contributed by atoms with van der Waals surface area (Å²) >= 11 is 6.08. The molecule has 1 aromatic carbocycles. The van der Waals surface area contributed by atoms with Gasteiger partial charge in [-0.1, -0.05) is 23.7 Å². The topological polar surface area (TPSA) is 90.3 Å². The standard InChI is InChI=1S/C25H34ClN3O4S/c1-23(2,3)33-22(31)15-29-16-27-20(13-21(29)30)25(11-12-25)14-19(28-34(32)24(4,5)6)17-7-9-18(26)10-8-17/h7-10,13,16,19,28H,11-12,14-15H2,1-6H3/t19-,34-/m0/s1. The molecule has 1 N–H and O–H groups in total. The highest BCUT2D eigenvalue weighted by Crippen LogP contribution is 2.52. The van der Waals surface area contributed by atoms with E-state index in [1.165, 1.54) is 17.0 Å². The molecule has 34 heavy (non-hydrogen) atoms. The second-order valence-corrected chi connectivity index (χ2v) is 13.3. The molecule has 0 unspecified atom stereocenters. The highest BCUT2D eigenvalue weighted by molar-refractivity contribution is 7.84. The van der Waals surface area contributed by atoms with Crippen LogP contribution in [-0.4, -0.2) is 30.1 Å². The normalized spacial score (nSPS) is 17.1. The van der Waals surface area contributed by atoms with Crippen LogP contribution < -0.4 is 10.3 Å². The van der Waals surface area contributed by atoms with E-state index in [4.69, 9.17) is 16.3 Å². The van der Waals surface area contributed by atoms with Gasteiger partial charge in [-0.15, -0.1) is 0 Å². The van der Waals surface area contributed by atoms with Gasteiger partial charge < -0.3 is 4.74 Å². The number of benzene rings is 1. The summed E-state index contributed by atoms with van der Waals surface area (Å²) in [6.45, 7) is 10.9. The maximum Gasteiger partial charge on any atom is 0.326 e. The molecule has 0 bridgehead atoms. The lowest BCUT2D eigenvalue weighted by Gasteiger charge is -2.28. The van der Waals surface area contributed by atoms with Crippen LogP contribution in [0, 0.1) is 0 Å². The van der Waals surface area contributed by atoms with Crippen molar-refractivity contribution in [2.75, 3.05) is 0 Å². The molecular formula is C25H34ClN3O4S. The summed E-state index contributed by atoms with van der Waals surface area (Å²) < 4.78 is 22.3. The van der Waals surface area contributed by atoms with Gasteiger partial charge in [0.05, 0.1) is 27.8 Å². The Morgan fingerprint density at radius 3 is 2.32 bits per heavy atom. The van der Waals surface area contributed by atoms with E-state index in [1.807, 2.05) is 45.0 Å². The zero-order valence-corrected chi connectivity index (χ0v) is 22.3. The van der Waals surface area contributed by atoms with Crippen LogP contribution in [0.25, 0.3) is 0 Å². The highest BCUT2D eigenvalue weighted by atomic mass is 35.5. The Kier molecular flexibility index (Phi) is 7.75. The van der Waals surface area contributed by atoms with Crippen LogP contribution in [0.2, 0.25) is 5.02 Å². The van der Waals surface area contributed by atoms with E-state index in [-0.39, 0.29) is 23.6 Å². The molecule has 9 heteroatoms. The van der Waals surface area contributed by atoms with Gasteiger partial charge in [-0.05, 0) is 78.5 Å². The first-order chi connectivity index (χ1) is 15.7. The molecule has 0 saturated heterocycles. The fraction of sp³-hybridized carbons (Fsp3) is 0.560. The number of nitrogens with one attached hydrogen (secondary N) is 1. The lowest BCUT2D eigenvalue weighted by Crippen LogP contribution is -2.37. The van der Waals surface area contributed by atoms with Gasteiger partial charge in [-0.25, -0.2) is 13.9 Å². The third-order valence-corrected chi connectivity index (χ3v) is 7.53. The van der Waals surface area contributed by atoms with Crippen molar-refractivity contribution in [1.82, 2.24) is 14.3 Å². The Labute approximate surface area is 208 Å². The van der Waals surface area contributed by atoms with Crippen molar-refractivity contribution in [2.45, 2.75) is 89.2 Å². The molecule has 1 aliphatic carbocycles. The van der Waals surface area contributed by atoms with Crippen molar-refractivity contribution in [3.8, 4) is 0 Å². The van der Waals surface area contributed by atoms with Crippen molar-refractivity contribution < 1.29 is 13.7 Å². The molecule has 0 spiro atoms. The first-order valence-electron chi connectivity index (χ1n) is 11.4. The zero-order chi connectivity index (χ0) is 25.3. The highest BCUT2D eigenvalue weighted by Gasteiger charge is 2.48. The van der Waals surface area contributed by atoms with E-state index in [0.717, 1.165) is 18.4 Å². The Morgan fingerprint density at radius 1 is 1.21 bits per heavy atom. The van der Waals surface area contributed by atoms with Crippen molar-refractivity contribution in [2.24, 2.45) is 0 Å². The SMILES string of the molecule is CC(C)(C)OC(=O)Cn1cnc(C2(C[C@H](N[S@@](=O)C(C)(C)C)c3ccc(Cl)cc3)CC2)cc1=O. The van der Waals surface area contributed by atoms with E-state index < -0.39 is 27.3 Å². The summed E-state index contributed by atoms with van der Waals surface area (Å²) in [6, 6.07) is 8.81. The minimum Gasteiger partial charge on any atom is -0.459 e. The number of carbonyl (C=O) groups is 1. The monoisotopic (exact) mass is 507 g/mol. The minimum atomic E-state index is -1.28. The van der Waals surface area contributed by atoms with Gasteiger partial charge in [0.2, 0.25) is 0 Å². The predicted molar refractivity (Wildman–Crippen MR) is 135 cm³/mol.